The number of halogens is 1. The molecule has 1 saturated heterocycles. The molecule has 6 nitrogen and oxygen atoms in total. The Labute approximate surface area is 156 Å². The Hall–Kier alpha value is -0.830. The highest BCUT2D eigenvalue weighted by Crippen LogP contribution is 2.15. The first kappa shape index (κ1) is 20.2. The quantitative estimate of drug-likeness (QED) is 0.407. The summed E-state index contributed by atoms with van der Waals surface area (Å²) in [7, 11) is 1.82. The molecule has 132 valence electrons. The number of aryl methyl sites for hydroxylation is 2. The van der Waals surface area contributed by atoms with Crippen molar-refractivity contribution in [1.82, 2.24) is 20.7 Å². The van der Waals surface area contributed by atoms with E-state index in [9.17, 15) is 0 Å². The predicted molar refractivity (Wildman–Crippen MR) is 105 cm³/mol. The molecule has 1 aliphatic heterocycles. The fourth-order valence-electron chi connectivity index (χ4n) is 3.14. The smallest absolute Gasteiger partial charge is 0.191 e. The minimum atomic E-state index is 0. The third-order valence-electron chi connectivity index (χ3n) is 4.48. The molecule has 2 N–H and O–H groups in total. The summed E-state index contributed by atoms with van der Waals surface area (Å²) in [5.74, 6) is 1.78. The number of aliphatic imine (C=N–C) groups is 1. The minimum absolute atomic E-state index is 0. The first-order valence-electron chi connectivity index (χ1n) is 8.26. The van der Waals surface area contributed by atoms with E-state index < -0.39 is 0 Å². The lowest BCUT2D eigenvalue weighted by Gasteiger charge is -2.23. The molecule has 0 saturated carbocycles. The molecular weight excluding hydrogens is 405 g/mol. The molecule has 1 aliphatic rings. The van der Waals surface area contributed by atoms with Gasteiger partial charge in [0.25, 0.3) is 0 Å². The summed E-state index contributed by atoms with van der Waals surface area (Å²) in [6.45, 7) is 10.3. The Morgan fingerprint density at radius 1 is 1.39 bits per heavy atom. The van der Waals surface area contributed by atoms with Crippen molar-refractivity contribution in [2.24, 2.45) is 4.99 Å². The molecule has 0 aromatic carbocycles. The Balaban J connectivity index is 0.00000264. The van der Waals surface area contributed by atoms with Crippen LogP contribution in [0.2, 0.25) is 0 Å². The summed E-state index contributed by atoms with van der Waals surface area (Å²) in [6.07, 6.45) is 3.47. The summed E-state index contributed by atoms with van der Waals surface area (Å²) in [4.78, 5) is 6.83. The molecule has 0 radical (unpaired) electrons. The van der Waals surface area contributed by atoms with Gasteiger partial charge in [-0.25, -0.2) is 0 Å². The van der Waals surface area contributed by atoms with E-state index >= 15 is 0 Å². The minimum Gasteiger partial charge on any atom is -0.361 e. The van der Waals surface area contributed by atoms with Crippen molar-refractivity contribution < 1.29 is 4.52 Å². The van der Waals surface area contributed by atoms with Crippen molar-refractivity contribution in [2.75, 3.05) is 33.2 Å². The van der Waals surface area contributed by atoms with Crippen LogP contribution in [0, 0.1) is 13.8 Å². The number of nitrogens with zero attached hydrogens (tertiary/aromatic N) is 3. The maximum absolute atomic E-state index is 5.19. The number of likely N-dealkylation sites (tertiary alicyclic amines) is 1. The fourth-order valence-corrected chi connectivity index (χ4v) is 3.14. The maximum atomic E-state index is 5.19. The highest BCUT2D eigenvalue weighted by atomic mass is 127. The number of likely N-dealkylation sites (N-methyl/N-ethyl adjacent to an activating group) is 1. The number of rotatable bonds is 6. The van der Waals surface area contributed by atoms with E-state index in [1.165, 1.54) is 24.9 Å². The van der Waals surface area contributed by atoms with Crippen LogP contribution >= 0.6 is 24.0 Å². The first-order valence-corrected chi connectivity index (χ1v) is 8.26. The van der Waals surface area contributed by atoms with E-state index in [-0.39, 0.29) is 24.0 Å². The monoisotopic (exact) mass is 435 g/mol. The van der Waals surface area contributed by atoms with E-state index in [1.54, 1.807) is 0 Å². The summed E-state index contributed by atoms with van der Waals surface area (Å²) < 4.78 is 5.19. The second kappa shape index (κ2) is 10.1. The fraction of sp³-hybridized carbons (Fsp3) is 0.750. The van der Waals surface area contributed by atoms with Gasteiger partial charge in [0.05, 0.1) is 5.69 Å². The van der Waals surface area contributed by atoms with Crippen LogP contribution in [-0.4, -0.2) is 55.3 Å². The van der Waals surface area contributed by atoms with Gasteiger partial charge in [-0.2, -0.15) is 0 Å². The first-order chi connectivity index (χ1) is 10.7. The molecule has 1 unspecified atom stereocenters. The summed E-state index contributed by atoms with van der Waals surface area (Å²) in [5.41, 5.74) is 2.17. The van der Waals surface area contributed by atoms with E-state index in [1.807, 2.05) is 20.9 Å². The van der Waals surface area contributed by atoms with Crippen LogP contribution in [-0.2, 0) is 6.42 Å². The Kier molecular flexibility index (Phi) is 8.90. The summed E-state index contributed by atoms with van der Waals surface area (Å²) >= 11 is 0. The zero-order valence-corrected chi connectivity index (χ0v) is 17.0. The molecule has 7 heteroatoms. The zero-order valence-electron chi connectivity index (χ0n) is 14.7. The van der Waals surface area contributed by atoms with Crippen LogP contribution in [0.1, 0.15) is 36.8 Å². The van der Waals surface area contributed by atoms with Gasteiger partial charge in [-0.15, -0.1) is 24.0 Å². The van der Waals surface area contributed by atoms with Crippen molar-refractivity contribution in [2.45, 2.75) is 46.1 Å². The van der Waals surface area contributed by atoms with Crippen molar-refractivity contribution >= 4 is 29.9 Å². The molecule has 0 amide bonds. The maximum Gasteiger partial charge on any atom is 0.191 e. The van der Waals surface area contributed by atoms with Crippen LogP contribution in [0.3, 0.4) is 0 Å². The highest BCUT2D eigenvalue weighted by Gasteiger charge is 2.22. The average Bonchev–Trinajstić information content (AvgIpc) is 3.10. The third-order valence-corrected chi connectivity index (χ3v) is 4.48. The van der Waals surface area contributed by atoms with Gasteiger partial charge < -0.3 is 15.2 Å². The highest BCUT2D eigenvalue weighted by molar-refractivity contribution is 14.0. The van der Waals surface area contributed by atoms with Crippen LogP contribution < -0.4 is 10.6 Å². The van der Waals surface area contributed by atoms with Gasteiger partial charge in [0.15, 0.2) is 5.96 Å². The molecule has 1 aromatic heterocycles. The number of hydrogen-bond acceptors (Lipinski definition) is 4. The van der Waals surface area contributed by atoms with Gasteiger partial charge >= 0.3 is 0 Å². The van der Waals surface area contributed by atoms with E-state index in [2.05, 4.69) is 32.6 Å². The van der Waals surface area contributed by atoms with Gasteiger partial charge in [-0.1, -0.05) is 12.1 Å². The van der Waals surface area contributed by atoms with Gasteiger partial charge in [0.1, 0.15) is 5.76 Å². The zero-order chi connectivity index (χ0) is 15.9. The molecule has 1 atom stereocenters. The van der Waals surface area contributed by atoms with Crippen LogP contribution in [0.15, 0.2) is 9.52 Å². The van der Waals surface area contributed by atoms with Gasteiger partial charge in [-0.05, 0) is 46.2 Å². The molecule has 1 fully saturated rings. The van der Waals surface area contributed by atoms with E-state index in [4.69, 9.17) is 4.52 Å². The Bertz CT molecular complexity index is 483. The van der Waals surface area contributed by atoms with Crippen LogP contribution in [0.5, 0.6) is 0 Å². The van der Waals surface area contributed by atoms with E-state index in [0.717, 1.165) is 43.5 Å². The van der Waals surface area contributed by atoms with Crippen molar-refractivity contribution in [3.05, 3.63) is 17.0 Å². The molecule has 2 heterocycles. The standard InChI is InChI=1S/C16H29N5O.HI/c1-5-21-10-6-7-14(21)11-19-16(17-4)18-9-8-15-12(2)20-22-13(15)3;/h14H,5-11H2,1-4H3,(H2,17,18,19);1H. The largest absolute Gasteiger partial charge is 0.361 e. The topological polar surface area (TPSA) is 65.7 Å². The van der Waals surface area contributed by atoms with Crippen LogP contribution in [0.4, 0.5) is 0 Å². The van der Waals surface area contributed by atoms with Gasteiger partial charge in [-0.3, -0.25) is 9.89 Å². The SMILES string of the molecule is CCN1CCCC1CNC(=NC)NCCc1c(C)noc1C.I. The second-order valence-corrected chi connectivity index (χ2v) is 5.86. The Morgan fingerprint density at radius 3 is 2.78 bits per heavy atom. The second-order valence-electron chi connectivity index (χ2n) is 5.86. The number of aromatic nitrogens is 1. The summed E-state index contributed by atoms with van der Waals surface area (Å²) in [5, 5.41) is 10.8. The molecular formula is C16H30IN5O. The number of nitrogens with one attached hydrogen (secondary N) is 2. The lowest BCUT2D eigenvalue weighted by atomic mass is 10.1. The molecule has 23 heavy (non-hydrogen) atoms. The van der Waals surface area contributed by atoms with Gasteiger partial charge in [0.2, 0.25) is 0 Å². The lowest BCUT2D eigenvalue weighted by Crippen LogP contribution is -2.45. The van der Waals surface area contributed by atoms with Gasteiger partial charge in [0, 0.05) is 31.7 Å². The van der Waals surface area contributed by atoms with Crippen LogP contribution in [0.25, 0.3) is 0 Å². The molecule has 1 aromatic rings. The third kappa shape index (κ3) is 5.63. The number of hydrogen-bond donors (Lipinski definition) is 2. The van der Waals surface area contributed by atoms with Crippen molar-refractivity contribution in [1.29, 1.82) is 0 Å². The summed E-state index contributed by atoms with van der Waals surface area (Å²) in [6, 6.07) is 0.631. The Morgan fingerprint density at radius 2 is 2.17 bits per heavy atom. The van der Waals surface area contributed by atoms with Crippen molar-refractivity contribution in [3.8, 4) is 0 Å². The predicted octanol–water partition coefficient (Wildman–Crippen LogP) is 2.10. The van der Waals surface area contributed by atoms with Crippen molar-refractivity contribution in [3.63, 3.8) is 0 Å². The van der Waals surface area contributed by atoms with E-state index in [0.29, 0.717) is 6.04 Å². The molecule has 0 bridgehead atoms. The number of guanidine groups is 1. The lowest BCUT2D eigenvalue weighted by molar-refractivity contribution is 0.267. The normalized spacial score (nSPS) is 18.8. The molecule has 2 rings (SSSR count). The average molecular weight is 435 g/mol. The molecule has 0 aliphatic carbocycles. The molecule has 0 spiro atoms.